The number of amides is 1. The van der Waals surface area contributed by atoms with E-state index < -0.39 is 0 Å². The average molecular weight is 383 g/mol. The predicted octanol–water partition coefficient (Wildman–Crippen LogP) is 2.52. The molecule has 0 aliphatic carbocycles. The number of aromatic nitrogens is 2. The lowest BCUT2D eigenvalue weighted by molar-refractivity contribution is -0.133. The van der Waals surface area contributed by atoms with Crippen molar-refractivity contribution in [3.63, 3.8) is 0 Å². The summed E-state index contributed by atoms with van der Waals surface area (Å²) in [7, 11) is 0. The zero-order chi connectivity index (χ0) is 19.2. The van der Waals surface area contributed by atoms with Gasteiger partial charge in [-0.05, 0) is 37.4 Å². The number of benzene rings is 1. The summed E-state index contributed by atoms with van der Waals surface area (Å²) in [5.41, 5.74) is 3.40. The van der Waals surface area contributed by atoms with Gasteiger partial charge in [-0.2, -0.15) is 5.10 Å². The van der Waals surface area contributed by atoms with E-state index in [1.165, 1.54) is 5.69 Å². The molecule has 1 unspecified atom stereocenters. The van der Waals surface area contributed by atoms with Gasteiger partial charge in [-0.1, -0.05) is 30.3 Å². The normalized spacial score (nSPS) is 19.2. The Kier molecular flexibility index (Phi) is 6.39. The first-order valence-electron chi connectivity index (χ1n) is 10.5. The second-order valence-electron chi connectivity index (χ2n) is 7.78. The van der Waals surface area contributed by atoms with Crippen molar-refractivity contribution in [2.75, 3.05) is 19.7 Å². The average Bonchev–Trinajstić information content (AvgIpc) is 3.31. The van der Waals surface area contributed by atoms with Gasteiger partial charge in [0.1, 0.15) is 0 Å². The molecule has 2 aliphatic rings. The molecule has 1 atom stereocenters. The Morgan fingerprint density at radius 1 is 1.29 bits per heavy atom. The number of ether oxygens (including phenoxy) is 1. The van der Waals surface area contributed by atoms with Crippen molar-refractivity contribution in [1.29, 1.82) is 0 Å². The number of aryl methyl sites for hydroxylation is 2. The zero-order valence-corrected chi connectivity index (χ0v) is 16.5. The second kappa shape index (κ2) is 9.34. The minimum Gasteiger partial charge on any atom is -0.376 e. The first kappa shape index (κ1) is 19.2. The summed E-state index contributed by atoms with van der Waals surface area (Å²) < 4.78 is 7.88. The highest BCUT2D eigenvalue weighted by Gasteiger charge is 2.23. The van der Waals surface area contributed by atoms with Crippen molar-refractivity contribution < 1.29 is 9.53 Å². The molecule has 0 spiro atoms. The van der Waals surface area contributed by atoms with E-state index in [-0.39, 0.29) is 12.0 Å². The number of rotatable bonds is 7. The summed E-state index contributed by atoms with van der Waals surface area (Å²) in [5.74, 6) is 0.181. The summed E-state index contributed by atoms with van der Waals surface area (Å²) in [6.45, 7) is 4.98. The Balaban J connectivity index is 1.38. The van der Waals surface area contributed by atoms with Crippen LogP contribution in [0.4, 0.5) is 0 Å². The van der Waals surface area contributed by atoms with Gasteiger partial charge in [-0.15, -0.1) is 0 Å². The van der Waals surface area contributed by atoms with Crippen molar-refractivity contribution in [2.45, 2.75) is 57.8 Å². The van der Waals surface area contributed by atoms with Gasteiger partial charge in [0.15, 0.2) is 0 Å². The molecule has 2 aliphatic heterocycles. The highest BCUT2D eigenvalue weighted by molar-refractivity contribution is 5.76. The number of carbonyl (C=O) groups is 1. The number of nitrogens with one attached hydrogen (secondary N) is 1. The summed E-state index contributed by atoms with van der Waals surface area (Å²) >= 11 is 0. The number of carbonyl (C=O) groups excluding carboxylic acids is 1. The minimum atomic E-state index is 0.169. The highest BCUT2D eigenvalue weighted by Crippen LogP contribution is 2.17. The second-order valence-corrected chi connectivity index (χ2v) is 7.78. The Hall–Kier alpha value is -2.18. The Morgan fingerprint density at radius 2 is 2.18 bits per heavy atom. The van der Waals surface area contributed by atoms with Crippen molar-refractivity contribution in [3.05, 3.63) is 53.3 Å². The summed E-state index contributed by atoms with van der Waals surface area (Å²) in [5, 5.41) is 8.13. The molecule has 1 saturated heterocycles. The van der Waals surface area contributed by atoms with E-state index >= 15 is 0 Å². The van der Waals surface area contributed by atoms with Crippen LogP contribution in [0.2, 0.25) is 0 Å². The predicted molar refractivity (Wildman–Crippen MR) is 108 cm³/mol. The van der Waals surface area contributed by atoms with E-state index in [1.807, 2.05) is 23.1 Å². The van der Waals surface area contributed by atoms with Crippen LogP contribution in [-0.2, 0) is 35.6 Å². The lowest BCUT2D eigenvalue weighted by atomic mass is 10.1. The SMILES string of the molecule is O=C(CCc1cc2n(n1)CCCNC2)N(Cc1ccccc1)CC1CCCO1. The van der Waals surface area contributed by atoms with Crippen molar-refractivity contribution in [3.8, 4) is 0 Å². The van der Waals surface area contributed by atoms with Crippen LogP contribution in [0.3, 0.4) is 0 Å². The molecule has 0 radical (unpaired) electrons. The summed E-state index contributed by atoms with van der Waals surface area (Å²) in [4.78, 5) is 15.0. The molecule has 1 fully saturated rings. The maximum atomic E-state index is 13.0. The molecule has 1 amide bonds. The van der Waals surface area contributed by atoms with Gasteiger partial charge in [0.2, 0.25) is 5.91 Å². The lowest BCUT2D eigenvalue weighted by Crippen LogP contribution is -2.37. The van der Waals surface area contributed by atoms with Gasteiger partial charge in [-0.25, -0.2) is 0 Å². The van der Waals surface area contributed by atoms with Crippen LogP contribution in [0, 0.1) is 0 Å². The molecule has 0 saturated carbocycles. The van der Waals surface area contributed by atoms with Crippen LogP contribution >= 0.6 is 0 Å². The Bertz CT molecular complexity index is 745. The minimum absolute atomic E-state index is 0.169. The van der Waals surface area contributed by atoms with Crippen molar-refractivity contribution in [2.24, 2.45) is 0 Å². The third-order valence-electron chi connectivity index (χ3n) is 5.56. The largest absolute Gasteiger partial charge is 0.376 e. The molecule has 6 heteroatoms. The lowest BCUT2D eigenvalue weighted by Gasteiger charge is -2.25. The monoisotopic (exact) mass is 382 g/mol. The van der Waals surface area contributed by atoms with Gasteiger partial charge >= 0.3 is 0 Å². The van der Waals surface area contributed by atoms with E-state index in [2.05, 4.69) is 28.2 Å². The smallest absolute Gasteiger partial charge is 0.223 e. The van der Waals surface area contributed by atoms with Crippen molar-refractivity contribution >= 4 is 5.91 Å². The summed E-state index contributed by atoms with van der Waals surface area (Å²) in [6, 6.07) is 12.4. The third-order valence-corrected chi connectivity index (χ3v) is 5.56. The number of nitrogens with zero attached hydrogens (tertiary/aromatic N) is 3. The molecule has 2 aromatic rings. The molecule has 150 valence electrons. The van der Waals surface area contributed by atoms with Gasteiger partial charge in [0, 0.05) is 45.6 Å². The molecule has 6 nitrogen and oxygen atoms in total. The fourth-order valence-electron chi connectivity index (χ4n) is 4.03. The molecule has 3 heterocycles. The number of hydrogen-bond donors (Lipinski definition) is 1. The van der Waals surface area contributed by atoms with Gasteiger partial charge in [-0.3, -0.25) is 9.48 Å². The van der Waals surface area contributed by atoms with Crippen LogP contribution < -0.4 is 5.32 Å². The molecular weight excluding hydrogens is 352 g/mol. The molecule has 1 aromatic heterocycles. The third kappa shape index (κ3) is 5.00. The van der Waals surface area contributed by atoms with Crippen LogP contribution in [0.5, 0.6) is 0 Å². The zero-order valence-electron chi connectivity index (χ0n) is 16.5. The first-order chi connectivity index (χ1) is 13.8. The van der Waals surface area contributed by atoms with Crippen molar-refractivity contribution in [1.82, 2.24) is 20.0 Å². The van der Waals surface area contributed by atoms with E-state index in [9.17, 15) is 4.79 Å². The topological polar surface area (TPSA) is 59.4 Å². The molecular formula is C22H30N4O2. The standard InChI is InChI=1S/C22H30N4O2/c27-22(10-9-19-14-20-15-23-11-5-12-26(20)24-19)25(17-21-8-4-13-28-21)16-18-6-2-1-3-7-18/h1-3,6-7,14,21,23H,4-5,8-13,15-17H2. The maximum Gasteiger partial charge on any atom is 0.223 e. The van der Waals surface area contributed by atoms with E-state index in [4.69, 9.17) is 9.84 Å². The fraction of sp³-hybridized carbons (Fsp3) is 0.545. The van der Waals surface area contributed by atoms with Gasteiger partial charge in [0.25, 0.3) is 0 Å². The maximum absolute atomic E-state index is 13.0. The van der Waals surface area contributed by atoms with E-state index in [1.54, 1.807) is 0 Å². The van der Waals surface area contributed by atoms with Crippen LogP contribution in [0.25, 0.3) is 0 Å². The molecule has 28 heavy (non-hydrogen) atoms. The fourth-order valence-corrected chi connectivity index (χ4v) is 4.03. The van der Waals surface area contributed by atoms with E-state index in [0.717, 1.165) is 56.8 Å². The number of hydrogen-bond acceptors (Lipinski definition) is 4. The molecule has 1 N–H and O–H groups in total. The van der Waals surface area contributed by atoms with Crippen LogP contribution in [0.1, 0.15) is 42.6 Å². The summed E-state index contributed by atoms with van der Waals surface area (Å²) in [6.07, 6.45) is 4.58. The molecule has 4 rings (SSSR count). The van der Waals surface area contributed by atoms with Gasteiger partial charge in [0.05, 0.1) is 17.5 Å². The Morgan fingerprint density at radius 3 is 3.00 bits per heavy atom. The van der Waals surface area contributed by atoms with Crippen LogP contribution in [-0.4, -0.2) is 46.4 Å². The molecule has 1 aromatic carbocycles. The van der Waals surface area contributed by atoms with E-state index in [0.29, 0.717) is 25.9 Å². The van der Waals surface area contributed by atoms with Crippen LogP contribution in [0.15, 0.2) is 36.4 Å². The number of fused-ring (bicyclic) bond motifs is 1. The van der Waals surface area contributed by atoms with Gasteiger partial charge < -0.3 is 15.0 Å². The quantitative estimate of drug-likeness (QED) is 0.799. The Labute approximate surface area is 166 Å². The highest BCUT2D eigenvalue weighted by atomic mass is 16.5. The first-order valence-corrected chi connectivity index (χ1v) is 10.5. The molecule has 0 bridgehead atoms.